The van der Waals surface area contributed by atoms with Gasteiger partial charge in [-0.3, -0.25) is 14.9 Å². The van der Waals surface area contributed by atoms with Crippen molar-refractivity contribution >= 4 is 21.7 Å². The summed E-state index contributed by atoms with van der Waals surface area (Å²) in [4.78, 5) is 19.4. The van der Waals surface area contributed by atoms with Gasteiger partial charge in [-0.05, 0) is 6.07 Å². The van der Waals surface area contributed by atoms with Crippen LogP contribution in [0.5, 0.6) is 0 Å². The molecule has 1 rings (SSSR count). The number of non-ortho nitro benzene ring substituents is 1. The number of hydrogen-bond acceptors (Lipinski definition) is 5. The van der Waals surface area contributed by atoms with E-state index in [2.05, 4.69) is 0 Å². The third kappa shape index (κ3) is 3.27. The molecule has 0 bridgehead atoms. The zero-order chi connectivity index (χ0) is 15.5. The summed E-state index contributed by atoms with van der Waals surface area (Å²) in [6.45, 7) is 0.299. The lowest BCUT2D eigenvalue weighted by molar-refractivity contribution is -0.385. The molecule has 1 aromatic carbocycles. The zero-order valence-electron chi connectivity index (χ0n) is 10.3. The Bertz CT molecular complexity index is 645. The molecule has 0 aliphatic carbocycles. The molecule has 0 saturated carbocycles. The Kier molecular flexibility index (Phi) is 4.73. The van der Waals surface area contributed by atoms with Crippen molar-refractivity contribution in [2.45, 2.75) is 11.8 Å². The molecule has 0 radical (unpaired) electrons. The van der Waals surface area contributed by atoms with Gasteiger partial charge in [0.05, 0.1) is 4.92 Å². The van der Waals surface area contributed by atoms with Gasteiger partial charge in [-0.15, -0.1) is 0 Å². The molecule has 8 nitrogen and oxygen atoms in total. The van der Waals surface area contributed by atoms with Crippen LogP contribution < -0.4 is 0 Å². The summed E-state index contributed by atoms with van der Waals surface area (Å²) >= 11 is 0. The van der Waals surface area contributed by atoms with Crippen LogP contribution in [-0.4, -0.2) is 41.8 Å². The molecule has 10 heteroatoms. The highest BCUT2D eigenvalue weighted by Crippen LogP contribution is 2.24. The fraction of sp³-hybridized carbons (Fsp3) is 0.300. The molecule has 0 spiro atoms. The minimum absolute atomic E-state index is 0.212. The molecule has 0 unspecified atom stereocenters. The highest BCUT2D eigenvalue weighted by atomic mass is 32.2. The van der Waals surface area contributed by atoms with Crippen molar-refractivity contribution in [1.82, 2.24) is 4.31 Å². The Morgan fingerprint density at radius 2 is 2.10 bits per heavy atom. The third-order valence-corrected chi connectivity index (χ3v) is 4.34. The van der Waals surface area contributed by atoms with Crippen molar-refractivity contribution in [2.24, 2.45) is 0 Å². The number of hydrogen-bond donors (Lipinski definition) is 1. The minimum Gasteiger partial charge on any atom is -0.480 e. The average molecular weight is 306 g/mol. The second kappa shape index (κ2) is 5.92. The number of nitro groups is 1. The van der Waals surface area contributed by atoms with Gasteiger partial charge < -0.3 is 5.11 Å². The van der Waals surface area contributed by atoms with Crippen LogP contribution in [0.2, 0.25) is 0 Å². The number of benzene rings is 1. The molecular weight excluding hydrogens is 295 g/mol. The number of halogens is 1. The van der Waals surface area contributed by atoms with Crippen molar-refractivity contribution in [3.05, 3.63) is 34.1 Å². The predicted molar refractivity (Wildman–Crippen MR) is 65.1 cm³/mol. The first-order valence-corrected chi connectivity index (χ1v) is 6.80. The topological polar surface area (TPSA) is 118 Å². The van der Waals surface area contributed by atoms with Crippen molar-refractivity contribution in [2.75, 3.05) is 13.1 Å². The molecule has 0 atom stereocenters. The van der Waals surface area contributed by atoms with Crippen LogP contribution in [0.3, 0.4) is 0 Å². The lowest BCUT2D eigenvalue weighted by atomic mass is 10.3. The maximum atomic E-state index is 13.6. The molecule has 0 aromatic heterocycles. The number of likely N-dealkylation sites (N-methyl/N-ethyl adjacent to an activating group) is 1. The number of sulfonamides is 1. The van der Waals surface area contributed by atoms with Gasteiger partial charge >= 0.3 is 5.97 Å². The maximum Gasteiger partial charge on any atom is 0.318 e. The van der Waals surface area contributed by atoms with Gasteiger partial charge in [-0.1, -0.05) is 6.92 Å². The molecule has 0 heterocycles. The molecule has 20 heavy (non-hydrogen) atoms. The molecule has 1 aromatic rings. The minimum atomic E-state index is -4.46. The van der Waals surface area contributed by atoms with E-state index in [-0.39, 0.29) is 6.54 Å². The van der Waals surface area contributed by atoms with Crippen molar-refractivity contribution in [3.63, 3.8) is 0 Å². The van der Waals surface area contributed by atoms with E-state index in [1.54, 1.807) is 0 Å². The average Bonchev–Trinajstić information content (AvgIpc) is 2.35. The van der Waals surface area contributed by atoms with Crippen LogP contribution in [-0.2, 0) is 14.8 Å². The highest BCUT2D eigenvalue weighted by Gasteiger charge is 2.29. The first kappa shape index (κ1) is 16.0. The van der Waals surface area contributed by atoms with E-state index in [0.717, 1.165) is 6.07 Å². The molecule has 110 valence electrons. The van der Waals surface area contributed by atoms with Gasteiger partial charge in [0.2, 0.25) is 10.0 Å². The smallest absolute Gasteiger partial charge is 0.318 e. The van der Waals surface area contributed by atoms with Gasteiger partial charge in [0.25, 0.3) is 5.69 Å². The fourth-order valence-electron chi connectivity index (χ4n) is 1.46. The third-order valence-electron chi connectivity index (χ3n) is 2.41. The lowest BCUT2D eigenvalue weighted by Gasteiger charge is -2.18. The van der Waals surface area contributed by atoms with Crippen LogP contribution in [0.25, 0.3) is 0 Å². The summed E-state index contributed by atoms with van der Waals surface area (Å²) in [5.41, 5.74) is -0.601. The van der Waals surface area contributed by atoms with E-state index in [9.17, 15) is 27.7 Å². The molecule has 0 aliphatic rings. The van der Waals surface area contributed by atoms with Gasteiger partial charge in [-0.2, -0.15) is 4.31 Å². The zero-order valence-corrected chi connectivity index (χ0v) is 11.1. The molecule has 1 N–H and O–H groups in total. The first-order valence-electron chi connectivity index (χ1n) is 5.36. The summed E-state index contributed by atoms with van der Waals surface area (Å²) in [7, 11) is -4.46. The Morgan fingerprint density at radius 1 is 1.50 bits per heavy atom. The summed E-state index contributed by atoms with van der Waals surface area (Å²) in [6.07, 6.45) is 0. The molecular formula is C10H11FN2O6S. The van der Waals surface area contributed by atoms with Crippen LogP contribution in [0.15, 0.2) is 23.1 Å². The molecule has 0 saturated heterocycles. The van der Waals surface area contributed by atoms with Gasteiger partial charge in [0.15, 0.2) is 0 Å². The van der Waals surface area contributed by atoms with Crippen LogP contribution in [0.4, 0.5) is 10.1 Å². The predicted octanol–water partition coefficient (Wildman–Crippen LogP) is 0.829. The summed E-state index contributed by atoms with van der Waals surface area (Å²) in [5, 5.41) is 19.2. The number of nitro benzene ring substituents is 1. The summed E-state index contributed by atoms with van der Waals surface area (Å²) in [5.74, 6) is -2.60. The number of aliphatic carboxylic acids is 1. The second-order valence-electron chi connectivity index (χ2n) is 3.70. The number of carboxylic acid groups (broad SMARTS) is 1. The Labute approximate surface area is 113 Å². The molecule has 0 amide bonds. The van der Waals surface area contributed by atoms with E-state index in [0.29, 0.717) is 16.4 Å². The SMILES string of the molecule is CCN(CC(=O)O)S(=O)(=O)c1cc([N+](=O)[O-])ccc1F. The largest absolute Gasteiger partial charge is 0.480 e. The standard InChI is InChI=1S/C10H11FN2O6S/c1-2-12(6-10(14)15)20(18,19)9-5-7(13(16)17)3-4-8(9)11/h3-5H,2,6H2,1H3,(H,14,15). The number of carboxylic acids is 1. The molecule has 0 aliphatic heterocycles. The van der Waals surface area contributed by atoms with E-state index in [1.165, 1.54) is 6.92 Å². The first-order chi connectivity index (χ1) is 9.20. The maximum absolute atomic E-state index is 13.6. The number of nitrogens with zero attached hydrogens (tertiary/aromatic N) is 2. The summed E-state index contributed by atoms with van der Waals surface area (Å²) < 4.78 is 38.3. The van der Waals surface area contributed by atoms with Crippen molar-refractivity contribution in [1.29, 1.82) is 0 Å². The lowest BCUT2D eigenvalue weighted by Crippen LogP contribution is -2.35. The van der Waals surface area contributed by atoms with E-state index in [1.807, 2.05) is 0 Å². The van der Waals surface area contributed by atoms with Gasteiger partial charge in [-0.25, -0.2) is 12.8 Å². The Morgan fingerprint density at radius 3 is 2.55 bits per heavy atom. The van der Waals surface area contributed by atoms with E-state index in [4.69, 9.17) is 5.11 Å². The van der Waals surface area contributed by atoms with Crippen LogP contribution in [0.1, 0.15) is 6.92 Å². The number of rotatable bonds is 6. The Balaban J connectivity index is 3.36. The van der Waals surface area contributed by atoms with Crippen LogP contribution >= 0.6 is 0 Å². The van der Waals surface area contributed by atoms with E-state index >= 15 is 0 Å². The molecule has 0 fully saturated rings. The highest BCUT2D eigenvalue weighted by molar-refractivity contribution is 7.89. The second-order valence-corrected chi connectivity index (χ2v) is 5.60. The monoisotopic (exact) mass is 306 g/mol. The van der Waals surface area contributed by atoms with Crippen LogP contribution in [0, 0.1) is 15.9 Å². The van der Waals surface area contributed by atoms with Crippen molar-refractivity contribution in [3.8, 4) is 0 Å². The van der Waals surface area contributed by atoms with E-state index < -0.39 is 43.9 Å². The summed E-state index contributed by atoms with van der Waals surface area (Å²) in [6, 6.07) is 2.04. The van der Waals surface area contributed by atoms with Crippen molar-refractivity contribution < 1.29 is 27.6 Å². The quantitative estimate of drug-likeness (QED) is 0.614. The Hall–Kier alpha value is -2.07. The normalized spacial score (nSPS) is 11.6. The van der Waals surface area contributed by atoms with Gasteiger partial charge in [0, 0.05) is 18.7 Å². The fourth-order valence-corrected chi connectivity index (χ4v) is 2.94. The number of carbonyl (C=O) groups is 1. The van der Waals surface area contributed by atoms with Gasteiger partial charge in [0.1, 0.15) is 17.3 Å².